The first-order valence-electron chi connectivity index (χ1n) is 9.94. The van der Waals surface area contributed by atoms with Crippen LogP contribution in [0.1, 0.15) is 31.1 Å². The van der Waals surface area contributed by atoms with E-state index in [0.717, 1.165) is 16.7 Å². The first kappa shape index (κ1) is 21.3. The van der Waals surface area contributed by atoms with Gasteiger partial charge in [-0.1, -0.05) is 42.5 Å². The maximum absolute atomic E-state index is 11.6. The zero-order valence-electron chi connectivity index (χ0n) is 17.2. The Bertz CT molecular complexity index is 962. The number of hydrogen-bond donors (Lipinski definition) is 2. The van der Waals surface area contributed by atoms with Crippen molar-refractivity contribution < 1.29 is 14.3 Å². The molecule has 1 heterocycles. The number of amides is 1. The molecule has 1 aromatic heterocycles. The van der Waals surface area contributed by atoms with Gasteiger partial charge in [-0.05, 0) is 49.6 Å². The summed E-state index contributed by atoms with van der Waals surface area (Å²) >= 11 is 0. The van der Waals surface area contributed by atoms with E-state index in [-0.39, 0.29) is 6.04 Å². The second kappa shape index (κ2) is 10.4. The Morgan fingerprint density at radius 1 is 1.03 bits per heavy atom. The van der Waals surface area contributed by atoms with Crippen LogP contribution >= 0.6 is 0 Å². The molecule has 0 aliphatic carbocycles. The number of carbonyl (C=O) groups is 1. The number of nitrogens with two attached hydrogens (primary N) is 1. The molecule has 0 radical (unpaired) electrons. The van der Waals surface area contributed by atoms with Crippen molar-refractivity contribution in [1.29, 1.82) is 0 Å². The molecule has 0 saturated carbocycles. The molecule has 0 saturated heterocycles. The predicted octanol–water partition coefficient (Wildman–Crippen LogP) is 4.35. The largest absolute Gasteiger partial charge is 0.476 e. The van der Waals surface area contributed by atoms with Crippen LogP contribution in [0.4, 0.5) is 10.5 Å². The Balaban J connectivity index is 1.84. The molecule has 0 bridgehead atoms. The lowest BCUT2D eigenvalue weighted by Crippen LogP contribution is -2.16. The first-order chi connectivity index (χ1) is 14.6. The zero-order chi connectivity index (χ0) is 21.3. The summed E-state index contributed by atoms with van der Waals surface area (Å²) in [6.07, 6.45) is 0.172. The fourth-order valence-corrected chi connectivity index (χ4v) is 3.02. The van der Waals surface area contributed by atoms with E-state index in [0.29, 0.717) is 36.9 Å². The number of anilines is 1. The molecule has 2 aromatic carbocycles. The van der Waals surface area contributed by atoms with Gasteiger partial charge in [0.1, 0.15) is 0 Å². The highest BCUT2D eigenvalue weighted by Crippen LogP contribution is 2.31. The van der Waals surface area contributed by atoms with Gasteiger partial charge in [-0.15, -0.1) is 5.10 Å². The van der Waals surface area contributed by atoms with E-state index in [1.807, 2.05) is 55.5 Å². The molecule has 1 atom stereocenters. The van der Waals surface area contributed by atoms with Crippen molar-refractivity contribution in [1.82, 2.24) is 10.2 Å². The number of rotatable bonds is 8. The van der Waals surface area contributed by atoms with Crippen LogP contribution in [-0.2, 0) is 11.2 Å². The van der Waals surface area contributed by atoms with Crippen LogP contribution in [0.3, 0.4) is 0 Å². The normalized spacial score (nSPS) is 11.6. The summed E-state index contributed by atoms with van der Waals surface area (Å²) in [5.74, 6) is 0.444. The topological polar surface area (TPSA) is 99.4 Å². The molecule has 1 amide bonds. The number of hydrogen-bond acceptors (Lipinski definition) is 6. The highest BCUT2D eigenvalue weighted by Gasteiger charge is 2.16. The predicted molar refractivity (Wildman–Crippen MR) is 116 cm³/mol. The van der Waals surface area contributed by atoms with Gasteiger partial charge in [0.15, 0.2) is 0 Å². The van der Waals surface area contributed by atoms with Crippen LogP contribution in [-0.4, -0.2) is 29.5 Å². The average molecular weight is 406 g/mol. The van der Waals surface area contributed by atoms with Crippen LogP contribution in [0, 0.1) is 0 Å². The lowest BCUT2D eigenvalue weighted by atomic mass is 10.0. The van der Waals surface area contributed by atoms with E-state index in [4.69, 9.17) is 15.2 Å². The van der Waals surface area contributed by atoms with Gasteiger partial charge < -0.3 is 15.2 Å². The van der Waals surface area contributed by atoms with Crippen LogP contribution in [0.2, 0.25) is 0 Å². The summed E-state index contributed by atoms with van der Waals surface area (Å²) in [6, 6.07) is 19.0. The third kappa shape index (κ3) is 5.55. The van der Waals surface area contributed by atoms with E-state index >= 15 is 0 Å². The molecule has 30 heavy (non-hydrogen) atoms. The van der Waals surface area contributed by atoms with Crippen molar-refractivity contribution in [3.8, 4) is 17.0 Å². The van der Waals surface area contributed by atoms with E-state index in [2.05, 4.69) is 15.5 Å². The maximum Gasteiger partial charge on any atom is 0.411 e. The summed E-state index contributed by atoms with van der Waals surface area (Å²) in [5.41, 5.74) is 10.5. The summed E-state index contributed by atoms with van der Waals surface area (Å²) in [7, 11) is 0. The minimum Gasteiger partial charge on any atom is -0.476 e. The molecule has 7 nitrogen and oxygen atoms in total. The Kier molecular flexibility index (Phi) is 7.34. The van der Waals surface area contributed by atoms with Crippen LogP contribution in [0.15, 0.2) is 60.7 Å². The number of carbonyl (C=O) groups excluding carboxylic acids is 1. The van der Waals surface area contributed by atoms with Crippen molar-refractivity contribution in [3.05, 3.63) is 71.9 Å². The molecule has 0 aliphatic rings. The van der Waals surface area contributed by atoms with E-state index < -0.39 is 6.09 Å². The molecule has 0 unspecified atom stereocenters. The van der Waals surface area contributed by atoms with Crippen LogP contribution in [0.25, 0.3) is 11.1 Å². The standard InChI is InChI=1S/C23H26N4O3/c1-3-29-22-19(17-10-12-18(13-11-17)25-23(28)30-4-2)15-21(26-27-22)20(24)14-16-8-6-5-7-9-16/h5-13,15,20H,3-4,14,24H2,1-2H3,(H,25,28)/t20-/m0/s1. The van der Waals surface area contributed by atoms with E-state index in [1.165, 1.54) is 0 Å². The van der Waals surface area contributed by atoms with Crippen molar-refractivity contribution >= 4 is 11.8 Å². The second-order valence-electron chi connectivity index (χ2n) is 6.64. The summed E-state index contributed by atoms with van der Waals surface area (Å²) in [6.45, 7) is 4.44. The summed E-state index contributed by atoms with van der Waals surface area (Å²) < 4.78 is 10.6. The summed E-state index contributed by atoms with van der Waals surface area (Å²) in [4.78, 5) is 11.6. The number of aromatic nitrogens is 2. The van der Waals surface area contributed by atoms with Gasteiger partial charge in [0.2, 0.25) is 5.88 Å². The van der Waals surface area contributed by atoms with E-state index in [1.54, 1.807) is 19.1 Å². The van der Waals surface area contributed by atoms with Crippen molar-refractivity contribution in [2.24, 2.45) is 5.73 Å². The Labute approximate surface area is 176 Å². The quantitative estimate of drug-likeness (QED) is 0.577. The molecule has 7 heteroatoms. The molecular weight excluding hydrogens is 380 g/mol. The zero-order valence-corrected chi connectivity index (χ0v) is 17.2. The maximum atomic E-state index is 11.6. The fourth-order valence-electron chi connectivity index (χ4n) is 3.02. The number of nitrogens with zero attached hydrogens (tertiary/aromatic N) is 2. The molecule has 156 valence electrons. The SMILES string of the molecule is CCOC(=O)Nc1ccc(-c2cc([C@@H](N)Cc3ccccc3)nnc2OCC)cc1. The monoisotopic (exact) mass is 406 g/mol. The van der Waals surface area contributed by atoms with Crippen molar-refractivity contribution in [2.75, 3.05) is 18.5 Å². The molecule has 0 aliphatic heterocycles. The van der Waals surface area contributed by atoms with Crippen LogP contribution in [0.5, 0.6) is 5.88 Å². The van der Waals surface area contributed by atoms with E-state index in [9.17, 15) is 4.79 Å². The van der Waals surface area contributed by atoms with Gasteiger partial charge in [0, 0.05) is 11.3 Å². The number of nitrogens with one attached hydrogen (secondary N) is 1. The van der Waals surface area contributed by atoms with Gasteiger partial charge in [0.05, 0.1) is 24.9 Å². The van der Waals surface area contributed by atoms with Gasteiger partial charge in [-0.2, -0.15) is 5.10 Å². The highest BCUT2D eigenvalue weighted by molar-refractivity contribution is 5.85. The van der Waals surface area contributed by atoms with Crippen molar-refractivity contribution in [2.45, 2.75) is 26.3 Å². The lowest BCUT2D eigenvalue weighted by Gasteiger charge is -2.15. The Morgan fingerprint density at radius 3 is 2.43 bits per heavy atom. The van der Waals surface area contributed by atoms with Gasteiger partial charge >= 0.3 is 6.09 Å². The molecule has 0 spiro atoms. The molecule has 3 N–H and O–H groups in total. The van der Waals surface area contributed by atoms with Crippen LogP contribution < -0.4 is 15.8 Å². The Hall–Kier alpha value is -3.45. The van der Waals surface area contributed by atoms with Gasteiger partial charge in [0.25, 0.3) is 0 Å². The second-order valence-corrected chi connectivity index (χ2v) is 6.64. The third-order valence-electron chi connectivity index (χ3n) is 4.46. The first-order valence-corrected chi connectivity index (χ1v) is 9.94. The van der Waals surface area contributed by atoms with Gasteiger partial charge in [-0.3, -0.25) is 5.32 Å². The lowest BCUT2D eigenvalue weighted by molar-refractivity contribution is 0.168. The molecule has 0 fully saturated rings. The average Bonchev–Trinajstić information content (AvgIpc) is 2.76. The van der Waals surface area contributed by atoms with Gasteiger partial charge in [-0.25, -0.2) is 4.79 Å². The molecule has 3 rings (SSSR count). The Morgan fingerprint density at radius 2 is 1.77 bits per heavy atom. The third-order valence-corrected chi connectivity index (χ3v) is 4.46. The fraction of sp³-hybridized carbons (Fsp3) is 0.261. The minimum absolute atomic E-state index is 0.293. The number of ether oxygens (including phenoxy) is 2. The summed E-state index contributed by atoms with van der Waals surface area (Å²) in [5, 5.41) is 11.2. The number of benzene rings is 2. The van der Waals surface area contributed by atoms with Crippen molar-refractivity contribution in [3.63, 3.8) is 0 Å². The minimum atomic E-state index is -0.486. The molecular formula is C23H26N4O3. The molecule has 3 aromatic rings. The highest BCUT2D eigenvalue weighted by atomic mass is 16.5. The smallest absolute Gasteiger partial charge is 0.411 e.